The summed E-state index contributed by atoms with van der Waals surface area (Å²) in [5.41, 5.74) is 1.06. The van der Waals surface area contributed by atoms with Gasteiger partial charge in [0, 0.05) is 52.3 Å². The predicted octanol–water partition coefficient (Wildman–Crippen LogP) is 2.38. The first-order valence-corrected chi connectivity index (χ1v) is 15.1. The Morgan fingerprint density at radius 2 is 1.70 bits per heavy atom. The van der Waals surface area contributed by atoms with E-state index in [9.17, 15) is 26.8 Å². The maximum Gasteiger partial charge on any atom is 0.293 e. The lowest BCUT2D eigenvalue weighted by atomic mass is 9.93. The van der Waals surface area contributed by atoms with Crippen molar-refractivity contribution in [1.29, 1.82) is 0 Å². The average Bonchev–Trinajstić information content (AvgIpc) is 3.65. The van der Waals surface area contributed by atoms with Gasteiger partial charge < -0.3 is 24.8 Å². The molecule has 218 valence electrons. The number of benzene rings is 1. The molecule has 1 aromatic heterocycles. The van der Waals surface area contributed by atoms with Crippen LogP contribution >= 0.6 is 0 Å². The van der Waals surface area contributed by atoms with Gasteiger partial charge in [-0.15, -0.1) is 0 Å². The van der Waals surface area contributed by atoms with E-state index in [1.54, 1.807) is 6.07 Å². The van der Waals surface area contributed by atoms with Gasteiger partial charge >= 0.3 is 0 Å². The monoisotopic (exact) mass is 580 g/mol. The van der Waals surface area contributed by atoms with E-state index in [4.69, 9.17) is 5.11 Å². The Kier molecular flexibility index (Phi) is 7.50. The molecule has 3 N–H and O–H groups in total. The number of sulfonamides is 1. The highest BCUT2D eigenvalue weighted by molar-refractivity contribution is 7.92. The molecule has 11 nitrogen and oxygen atoms in total. The summed E-state index contributed by atoms with van der Waals surface area (Å²) in [5, 5.41) is 11.8. The number of carbonyl (C=O) groups is 1. The molecule has 2 aliphatic heterocycles. The number of nitrogens with one attached hydrogen (secondary N) is 2. The Balaban J connectivity index is 1.41. The lowest BCUT2D eigenvalue weighted by Crippen LogP contribution is -2.43. The van der Waals surface area contributed by atoms with Crippen LogP contribution in [0.4, 0.5) is 31.8 Å². The molecule has 1 aromatic carbocycles. The number of halogens is 2. The number of anilines is 4. The zero-order chi connectivity index (χ0) is 28.7. The predicted molar refractivity (Wildman–Crippen MR) is 148 cm³/mol. The molecule has 3 fully saturated rings. The van der Waals surface area contributed by atoms with Crippen LogP contribution in [-0.2, 0) is 17.1 Å². The van der Waals surface area contributed by atoms with Gasteiger partial charge in [0.05, 0.1) is 29.3 Å². The van der Waals surface area contributed by atoms with Crippen LogP contribution in [0.2, 0.25) is 0 Å². The van der Waals surface area contributed by atoms with Crippen molar-refractivity contribution in [3.05, 3.63) is 40.3 Å². The fourth-order valence-electron chi connectivity index (χ4n) is 5.38. The van der Waals surface area contributed by atoms with E-state index in [-0.39, 0.29) is 43.3 Å². The number of amides is 1. The third kappa shape index (κ3) is 6.22. The molecule has 1 spiro atoms. The number of aliphatic hydroxyl groups is 1. The van der Waals surface area contributed by atoms with Crippen molar-refractivity contribution < 1.29 is 27.1 Å². The molecule has 1 amide bonds. The van der Waals surface area contributed by atoms with Gasteiger partial charge in [0.15, 0.2) is 11.6 Å². The fourth-order valence-corrected chi connectivity index (χ4v) is 6.21. The minimum absolute atomic E-state index is 0.00424. The zero-order valence-electron chi connectivity index (χ0n) is 22.3. The Hall–Kier alpha value is -3.26. The number of piperidine rings is 2. The highest BCUT2D eigenvalue weighted by atomic mass is 32.2. The average molecular weight is 581 g/mol. The maximum absolute atomic E-state index is 13.7. The number of aryl methyl sites for hydroxylation is 1. The molecule has 14 heteroatoms. The number of rotatable bonds is 8. The number of alkyl halides is 2. The quantitative estimate of drug-likeness (QED) is 0.433. The van der Waals surface area contributed by atoms with Crippen molar-refractivity contribution in [1.82, 2.24) is 9.55 Å². The summed E-state index contributed by atoms with van der Waals surface area (Å²) in [7, 11) is -2.27. The van der Waals surface area contributed by atoms with Gasteiger partial charge in [0.1, 0.15) is 0 Å². The second-order valence-electron chi connectivity index (χ2n) is 11.0. The normalized spacial score (nSPS) is 19.9. The molecule has 40 heavy (non-hydrogen) atoms. The smallest absolute Gasteiger partial charge is 0.293 e. The third-order valence-corrected chi connectivity index (χ3v) is 9.35. The summed E-state index contributed by atoms with van der Waals surface area (Å²) in [6.07, 6.45) is 4.96. The first-order chi connectivity index (χ1) is 18.9. The molecule has 0 bridgehead atoms. The van der Waals surface area contributed by atoms with Gasteiger partial charge in [-0.2, -0.15) is 0 Å². The summed E-state index contributed by atoms with van der Waals surface area (Å²) >= 11 is 0. The van der Waals surface area contributed by atoms with Crippen molar-refractivity contribution in [3.8, 4) is 0 Å². The SMILES string of the molecule is Cn1cc(NC(=O)c2ccc(NS(=O)(=O)CCO)cc2N2CCC3(CC2)CC3)nc(N2CCC(F)(F)CC2)c1=O. The van der Waals surface area contributed by atoms with Gasteiger partial charge in [-0.3, -0.25) is 14.3 Å². The summed E-state index contributed by atoms with van der Waals surface area (Å²) in [6, 6.07) is 4.62. The molecular formula is C26H34F2N6O5S. The van der Waals surface area contributed by atoms with E-state index in [1.165, 1.54) is 47.7 Å². The lowest BCUT2D eigenvalue weighted by Gasteiger charge is -2.35. The van der Waals surface area contributed by atoms with Crippen LogP contribution in [0, 0.1) is 5.41 Å². The van der Waals surface area contributed by atoms with Crippen LogP contribution in [0.25, 0.3) is 0 Å². The van der Waals surface area contributed by atoms with Gasteiger partial charge in [-0.25, -0.2) is 22.2 Å². The highest BCUT2D eigenvalue weighted by Gasteiger charge is 2.44. The molecule has 0 atom stereocenters. The zero-order valence-corrected chi connectivity index (χ0v) is 23.1. The number of hydrogen-bond acceptors (Lipinski definition) is 8. The van der Waals surface area contributed by atoms with Crippen LogP contribution < -0.4 is 25.4 Å². The largest absolute Gasteiger partial charge is 0.395 e. The first kappa shape index (κ1) is 28.3. The topological polar surface area (TPSA) is 137 Å². The summed E-state index contributed by atoms with van der Waals surface area (Å²) in [4.78, 5) is 34.2. The van der Waals surface area contributed by atoms with Crippen molar-refractivity contribution >= 4 is 38.9 Å². The Labute approximate surface area is 231 Å². The van der Waals surface area contributed by atoms with E-state index >= 15 is 0 Å². The third-order valence-electron chi connectivity index (χ3n) is 8.09. The number of nitrogens with zero attached hydrogens (tertiary/aromatic N) is 4. The van der Waals surface area contributed by atoms with Crippen molar-refractivity contribution in [3.63, 3.8) is 0 Å². The molecule has 0 radical (unpaired) electrons. The molecule has 3 aliphatic rings. The highest BCUT2D eigenvalue weighted by Crippen LogP contribution is 2.54. The summed E-state index contributed by atoms with van der Waals surface area (Å²) < 4.78 is 55.5. The summed E-state index contributed by atoms with van der Waals surface area (Å²) in [6.45, 7) is 0.858. The van der Waals surface area contributed by atoms with E-state index < -0.39 is 39.8 Å². The van der Waals surface area contributed by atoms with Gasteiger partial charge in [0.25, 0.3) is 17.4 Å². The number of hydrogen-bond donors (Lipinski definition) is 3. The number of carbonyl (C=O) groups excluding carboxylic acids is 1. The maximum atomic E-state index is 13.7. The van der Waals surface area contributed by atoms with Crippen LogP contribution in [0.3, 0.4) is 0 Å². The van der Waals surface area contributed by atoms with Crippen molar-refractivity contribution in [2.75, 3.05) is 58.4 Å². The molecule has 2 saturated heterocycles. The van der Waals surface area contributed by atoms with Crippen LogP contribution in [0.1, 0.15) is 48.9 Å². The molecule has 0 unspecified atom stereocenters. The Bertz CT molecular complexity index is 1440. The Morgan fingerprint density at radius 3 is 2.33 bits per heavy atom. The first-order valence-electron chi connectivity index (χ1n) is 13.4. The van der Waals surface area contributed by atoms with Crippen molar-refractivity contribution in [2.24, 2.45) is 12.5 Å². The van der Waals surface area contributed by atoms with Gasteiger partial charge in [-0.1, -0.05) is 0 Å². The van der Waals surface area contributed by atoms with E-state index in [0.29, 0.717) is 16.7 Å². The number of aromatic nitrogens is 2. The second kappa shape index (κ2) is 10.6. The molecular weight excluding hydrogens is 546 g/mol. The van der Waals surface area contributed by atoms with Crippen LogP contribution in [-0.4, -0.2) is 73.4 Å². The minimum Gasteiger partial charge on any atom is -0.395 e. The second-order valence-corrected chi connectivity index (χ2v) is 12.9. The van der Waals surface area contributed by atoms with Gasteiger partial charge in [-0.05, 0) is 49.3 Å². The number of aliphatic hydroxyl groups excluding tert-OH is 1. The molecule has 5 rings (SSSR count). The molecule has 2 aromatic rings. The fraction of sp³-hybridized carbons (Fsp3) is 0.577. The van der Waals surface area contributed by atoms with E-state index in [2.05, 4.69) is 19.9 Å². The van der Waals surface area contributed by atoms with Crippen LogP contribution in [0.5, 0.6) is 0 Å². The lowest BCUT2D eigenvalue weighted by molar-refractivity contribution is -0.0222. The molecule has 3 heterocycles. The summed E-state index contributed by atoms with van der Waals surface area (Å²) in [5.74, 6) is -3.65. The van der Waals surface area contributed by atoms with E-state index in [0.717, 1.165) is 25.9 Å². The van der Waals surface area contributed by atoms with Gasteiger partial charge in [0.2, 0.25) is 10.0 Å². The van der Waals surface area contributed by atoms with E-state index in [1.807, 2.05) is 0 Å². The minimum atomic E-state index is -3.77. The molecule has 1 aliphatic carbocycles. The van der Waals surface area contributed by atoms with Crippen molar-refractivity contribution in [2.45, 2.75) is 44.4 Å². The molecule has 1 saturated carbocycles. The van der Waals surface area contributed by atoms with Crippen LogP contribution in [0.15, 0.2) is 29.2 Å². The standard InChI is InChI=1S/C26H34F2N6O5S/c1-32-17-21(29-22(24(32)37)34-12-8-26(27,28)9-13-34)30-23(36)19-3-2-18(31-40(38,39)15-14-35)16-20(19)33-10-6-25(4-5-25)7-11-33/h2-3,16-17,31,35H,4-15H2,1H3,(H,30,36). The Morgan fingerprint density at radius 1 is 1.05 bits per heavy atom.